The smallest absolute Gasteiger partial charge is 0.255 e. The van der Waals surface area contributed by atoms with Gasteiger partial charge in [0.25, 0.3) is 5.91 Å². The van der Waals surface area contributed by atoms with Crippen LogP contribution in [0, 0.1) is 6.92 Å². The Hall–Kier alpha value is -4.11. The third kappa shape index (κ3) is 4.79. The summed E-state index contributed by atoms with van der Waals surface area (Å²) in [4.78, 5) is 15.9. The summed E-state index contributed by atoms with van der Waals surface area (Å²) in [5.74, 6) is 0.0451. The Balaban J connectivity index is 1.47. The predicted octanol–water partition coefficient (Wildman–Crippen LogP) is 6.84. The maximum atomic E-state index is 13.9. The fourth-order valence-corrected chi connectivity index (χ4v) is 4.42. The van der Waals surface area contributed by atoms with Gasteiger partial charge in [-0.2, -0.15) is 0 Å². The molecule has 5 aromatic rings. The number of carbonyl (C=O) groups is 1. The molecule has 1 amide bonds. The molecule has 0 unspecified atom stereocenters. The van der Waals surface area contributed by atoms with E-state index in [-0.39, 0.29) is 5.91 Å². The summed E-state index contributed by atoms with van der Waals surface area (Å²) in [6, 6.07) is 37.1. The van der Waals surface area contributed by atoms with Crippen molar-refractivity contribution in [3.05, 3.63) is 143 Å². The molecule has 34 heavy (non-hydrogen) atoms. The van der Waals surface area contributed by atoms with E-state index in [1.54, 1.807) is 0 Å². The van der Waals surface area contributed by atoms with E-state index in [1.807, 2.05) is 53.4 Å². The number of hydrogen-bond donors (Lipinski definition) is 0. The number of nitrogens with zero attached hydrogens (tertiary/aromatic N) is 2. The monoisotopic (exact) mass is 444 g/mol. The molecule has 0 atom stereocenters. The predicted molar refractivity (Wildman–Crippen MR) is 139 cm³/mol. The van der Waals surface area contributed by atoms with Crippen molar-refractivity contribution in [2.75, 3.05) is 0 Å². The lowest BCUT2D eigenvalue weighted by Crippen LogP contribution is -2.31. The van der Waals surface area contributed by atoms with Crippen molar-refractivity contribution in [2.45, 2.75) is 26.6 Å². The van der Waals surface area contributed by atoms with Crippen LogP contribution in [0.4, 0.5) is 0 Å². The van der Waals surface area contributed by atoms with Gasteiger partial charge < -0.3 is 9.47 Å². The summed E-state index contributed by atoms with van der Waals surface area (Å²) in [5, 5.41) is 2.07. The first-order chi connectivity index (χ1) is 16.7. The lowest BCUT2D eigenvalue weighted by atomic mass is 10.0. The minimum absolute atomic E-state index is 0.0451. The highest BCUT2D eigenvalue weighted by Crippen LogP contribution is 2.22. The third-order valence-corrected chi connectivity index (χ3v) is 6.27. The zero-order chi connectivity index (χ0) is 23.3. The molecule has 0 N–H and O–H groups in total. The first kappa shape index (κ1) is 21.7. The van der Waals surface area contributed by atoms with Gasteiger partial charge in [-0.3, -0.25) is 4.79 Å². The average Bonchev–Trinajstić information content (AvgIpc) is 3.31. The van der Waals surface area contributed by atoms with Crippen molar-refractivity contribution in [2.24, 2.45) is 0 Å². The maximum Gasteiger partial charge on any atom is 0.255 e. The van der Waals surface area contributed by atoms with E-state index in [4.69, 9.17) is 0 Å². The molecule has 3 nitrogen and oxygen atoms in total. The molecular formula is C31H28N2O. The summed E-state index contributed by atoms with van der Waals surface area (Å²) in [6.07, 6.45) is 2.10. The topological polar surface area (TPSA) is 25.2 Å². The second kappa shape index (κ2) is 9.80. The molecule has 0 bridgehead atoms. The third-order valence-electron chi connectivity index (χ3n) is 6.27. The van der Waals surface area contributed by atoms with Gasteiger partial charge in [0.15, 0.2) is 0 Å². The first-order valence-electron chi connectivity index (χ1n) is 11.7. The summed E-state index contributed by atoms with van der Waals surface area (Å²) >= 11 is 0. The standard InChI is InChI=1S/C31H28N2O/c1-24-16-18-26(19-17-24)21-32-20-8-13-28(32)23-33(22-25-9-3-2-4-10-25)31(34)30-15-7-12-27-11-5-6-14-29(27)30/h2-20H,21-23H2,1H3. The molecule has 168 valence electrons. The van der Waals surface area contributed by atoms with Crippen LogP contribution < -0.4 is 0 Å². The molecule has 3 heteroatoms. The van der Waals surface area contributed by atoms with Crippen LogP contribution in [0.25, 0.3) is 10.8 Å². The SMILES string of the molecule is Cc1ccc(Cn2cccc2CN(Cc2ccccc2)C(=O)c2cccc3ccccc23)cc1. The lowest BCUT2D eigenvalue weighted by molar-refractivity contribution is 0.0728. The van der Waals surface area contributed by atoms with Crippen LogP contribution in [-0.2, 0) is 19.6 Å². The molecule has 0 saturated heterocycles. The average molecular weight is 445 g/mol. The fraction of sp³-hybridized carbons (Fsp3) is 0.129. The normalized spacial score (nSPS) is 11.0. The van der Waals surface area contributed by atoms with E-state index in [0.717, 1.165) is 34.1 Å². The highest BCUT2D eigenvalue weighted by molar-refractivity contribution is 6.07. The second-order valence-electron chi connectivity index (χ2n) is 8.79. The number of benzene rings is 4. The number of aryl methyl sites for hydroxylation is 1. The van der Waals surface area contributed by atoms with Crippen LogP contribution in [0.15, 0.2) is 115 Å². The Labute approximate surface area is 200 Å². The van der Waals surface area contributed by atoms with Crippen molar-refractivity contribution < 1.29 is 4.79 Å². The van der Waals surface area contributed by atoms with Gasteiger partial charge in [0.05, 0.1) is 6.54 Å². The van der Waals surface area contributed by atoms with Gasteiger partial charge in [-0.15, -0.1) is 0 Å². The zero-order valence-electron chi connectivity index (χ0n) is 19.4. The molecule has 4 aromatic carbocycles. The highest BCUT2D eigenvalue weighted by atomic mass is 16.2. The van der Waals surface area contributed by atoms with Gasteiger partial charge in [-0.25, -0.2) is 0 Å². The summed E-state index contributed by atoms with van der Waals surface area (Å²) < 4.78 is 2.24. The van der Waals surface area contributed by atoms with E-state index < -0.39 is 0 Å². The maximum absolute atomic E-state index is 13.9. The number of hydrogen-bond acceptors (Lipinski definition) is 1. The minimum Gasteiger partial charge on any atom is -0.345 e. The number of aromatic nitrogens is 1. The zero-order valence-corrected chi connectivity index (χ0v) is 19.4. The highest BCUT2D eigenvalue weighted by Gasteiger charge is 2.20. The van der Waals surface area contributed by atoms with E-state index in [1.165, 1.54) is 11.1 Å². The van der Waals surface area contributed by atoms with Crippen LogP contribution in [-0.4, -0.2) is 15.4 Å². The molecule has 0 fully saturated rings. The lowest BCUT2D eigenvalue weighted by Gasteiger charge is -2.25. The van der Waals surface area contributed by atoms with Crippen LogP contribution in [0.5, 0.6) is 0 Å². The summed E-state index contributed by atoms with van der Waals surface area (Å²) in [7, 11) is 0. The van der Waals surface area contributed by atoms with Gasteiger partial charge in [0, 0.05) is 30.5 Å². The van der Waals surface area contributed by atoms with Crippen molar-refractivity contribution in [3.63, 3.8) is 0 Å². The number of amides is 1. The summed E-state index contributed by atoms with van der Waals surface area (Å²) in [5.41, 5.74) is 5.48. The second-order valence-corrected chi connectivity index (χ2v) is 8.79. The Kier molecular flexibility index (Phi) is 6.26. The molecular weight excluding hydrogens is 416 g/mol. The molecule has 0 aliphatic rings. The number of rotatable bonds is 7. The Morgan fingerprint density at radius 2 is 1.44 bits per heavy atom. The Morgan fingerprint density at radius 1 is 0.706 bits per heavy atom. The Morgan fingerprint density at radius 3 is 2.26 bits per heavy atom. The quantitative estimate of drug-likeness (QED) is 0.270. The fourth-order valence-electron chi connectivity index (χ4n) is 4.42. The first-order valence-corrected chi connectivity index (χ1v) is 11.7. The largest absolute Gasteiger partial charge is 0.345 e. The molecule has 0 spiro atoms. The molecule has 1 aromatic heterocycles. The van der Waals surface area contributed by atoms with Crippen LogP contribution in [0.3, 0.4) is 0 Å². The van der Waals surface area contributed by atoms with Gasteiger partial charge in [0.1, 0.15) is 0 Å². The van der Waals surface area contributed by atoms with Gasteiger partial charge in [-0.05, 0) is 47.0 Å². The van der Waals surface area contributed by atoms with E-state index >= 15 is 0 Å². The van der Waals surface area contributed by atoms with Crippen LogP contribution in [0.1, 0.15) is 32.7 Å². The molecule has 5 rings (SSSR count). The molecule has 0 aliphatic carbocycles. The van der Waals surface area contributed by atoms with E-state index in [0.29, 0.717) is 13.1 Å². The Bertz CT molecular complexity index is 1400. The van der Waals surface area contributed by atoms with Crippen LogP contribution in [0.2, 0.25) is 0 Å². The molecule has 0 radical (unpaired) electrons. The summed E-state index contributed by atoms with van der Waals surface area (Å²) in [6.45, 7) is 3.98. The molecule has 0 saturated carbocycles. The van der Waals surface area contributed by atoms with Crippen molar-refractivity contribution in [1.82, 2.24) is 9.47 Å². The van der Waals surface area contributed by atoms with E-state index in [9.17, 15) is 4.79 Å². The van der Waals surface area contributed by atoms with E-state index in [2.05, 4.69) is 78.4 Å². The molecule has 0 aliphatic heterocycles. The van der Waals surface area contributed by atoms with Gasteiger partial charge >= 0.3 is 0 Å². The van der Waals surface area contributed by atoms with Gasteiger partial charge in [-0.1, -0.05) is 96.6 Å². The molecule has 1 heterocycles. The van der Waals surface area contributed by atoms with Gasteiger partial charge in [0.2, 0.25) is 0 Å². The van der Waals surface area contributed by atoms with Crippen LogP contribution >= 0.6 is 0 Å². The number of fused-ring (bicyclic) bond motifs is 1. The van der Waals surface area contributed by atoms with Crippen molar-refractivity contribution in [1.29, 1.82) is 0 Å². The minimum atomic E-state index is 0.0451. The van der Waals surface area contributed by atoms with Crippen molar-refractivity contribution in [3.8, 4) is 0 Å². The number of carbonyl (C=O) groups excluding carboxylic acids is 1. The van der Waals surface area contributed by atoms with Crippen molar-refractivity contribution >= 4 is 16.7 Å².